The highest BCUT2D eigenvalue weighted by Gasteiger charge is 2.18. The van der Waals surface area contributed by atoms with Gasteiger partial charge in [0.05, 0.1) is 16.3 Å². The number of anilines is 1. The van der Waals surface area contributed by atoms with E-state index in [-0.39, 0.29) is 22.0 Å². The van der Waals surface area contributed by atoms with Gasteiger partial charge in [0, 0.05) is 6.20 Å². The number of sulfone groups is 1. The van der Waals surface area contributed by atoms with Crippen LogP contribution in [0.3, 0.4) is 0 Å². The van der Waals surface area contributed by atoms with Crippen LogP contribution in [0.5, 0.6) is 0 Å². The molecule has 0 aliphatic carbocycles. The van der Waals surface area contributed by atoms with Crippen molar-refractivity contribution in [3.05, 3.63) is 53.3 Å². The first kappa shape index (κ1) is 14.0. The van der Waals surface area contributed by atoms with Crippen LogP contribution in [0, 0.1) is 18.3 Å². The number of aromatic nitrogens is 1. The van der Waals surface area contributed by atoms with Gasteiger partial charge in [0.1, 0.15) is 11.8 Å². The molecule has 0 saturated carbocycles. The number of nitriles is 1. The lowest BCUT2D eigenvalue weighted by Gasteiger charge is -2.08. The van der Waals surface area contributed by atoms with Gasteiger partial charge in [-0.25, -0.2) is 13.4 Å². The van der Waals surface area contributed by atoms with Crippen molar-refractivity contribution in [3.63, 3.8) is 0 Å². The molecule has 102 valence electrons. The van der Waals surface area contributed by atoms with Crippen LogP contribution in [0.25, 0.3) is 0 Å². The molecule has 0 aliphatic rings. The third-order valence-electron chi connectivity index (χ3n) is 2.80. The molecule has 2 rings (SSSR count). The number of hydrogen-bond acceptors (Lipinski definition) is 5. The van der Waals surface area contributed by atoms with Gasteiger partial charge in [-0.1, -0.05) is 6.07 Å². The smallest absolute Gasteiger partial charge is 0.184 e. The first-order valence-electron chi connectivity index (χ1n) is 5.86. The summed E-state index contributed by atoms with van der Waals surface area (Å²) < 4.78 is 24.8. The first-order chi connectivity index (χ1) is 9.42. The number of hydrogen-bond donors (Lipinski definition) is 1. The number of nitrogens with zero attached hydrogens (tertiary/aromatic N) is 2. The van der Waals surface area contributed by atoms with E-state index in [4.69, 9.17) is 11.0 Å². The van der Waals surface area contributed by atoms with Crippen LogP contribution in [0.15, 0.2) is 41.4 Å². The van der Waals surface area contributed by atoms with Gasteiger partial charge >= 0.3 is 0 Å². The molecular weight excluding hydrogens is 274 g/mol. The van der Waals surface area contributed by atoms with Crippen LogP contribution < -0.4 is 5.73 Å². The maximum Gasteiger partial charge on any atom is 0.184 e. The van der Waals surface area contributed by atoms with Crippen LogP contribution in [-0.4, -0.2) is 13.4 Å². The van der Waals surface area contributed by atoms with Crippen molar-refractivity contribution in [1.29, 1.82) is 5.26 Å². The quantitative estimate of drug-likeness (QED) is 0.868. The van der Waals surface area contributed by atoms with Crippen molar-refractivity contribution in [2.45, 2.75) is 17.6 Å². The molecule has 5 nitrogen and oxygen atoms in total. The van der Waals surface area contributed by atoms with E-state index in [9.17, 15) is 8.42 Å². The fourth-order valence-corrected chi connectivity index (χ4v) is 3.40. The minimum Gasteiger partial charge on any atom is -0.398 e. The topological polar surface area (TPSA) is 96.8 Å². The summed E-state index contributed by atoms with van der Waals surface area (Å²) in [4.78, 5) is 3.93. The summed E-state index contributed by atoms with van der Waals surface area (Å²) in [5, 5.41) is 8.78. The average molecular weight is 287 g/mol. The molecular formula is C14H13N3O2S. The number of nitrogen functional groups attached to an aromatic ring is 1. The zero-order valence-corrected chi connectivity index (χ0v) is 11.7. The van der Waals surface area contributed by atoms with Crippen molar-refractivity contribution in [2.75, 3.05) is 5.73 Å². The van der Waals surface area contributed by atoms with Crippen LogP contribution in [0.1, 0.15) is 16.8 Å². The van der Waals surface area contributed by atoms with Gasteiger partial charge in [-0.05, 0) is 42.3 Å². The molecule has 20 heavy (non-hydrogen) atoms. The van der Waals surface area contributed by atoms with Gasteiger partial charge in [-0.3, -0.25) is 0 Å². The van der Waals surface area contributed by atoms with Crippen LogP contribution in [0.2, 0.25) is 0 Å². The molecule has 0 spiro atoms. The number of benzene rings is 1. The molecule has 0 fully saturated rings. The molecule has 0 unspecified atom stereocenters. The van der Waals surface area contributed by atoms with Gasteiger partial charge in [0.25, 0.3) is 0 Å². The van der Waals surface area contributed by atoms with Gasteiger partial charge in [-0.2, -0.15) is 5.26 Å². The van der Waals surface area contributed by atoms with Crippen molar-refractivity contribution in [3.8, 4) is 6.07 Å². The number of aryl methyl sites for hydroxylation is 1. The lowest BCUT2D eigenvalue weighted by Crippen LogP contribution is -2.08. The lowest BCUT2D eigenvalue weighted by atomic mass is 10.2. The van der Waals surface area contributed by atoms with E-state index >= 15 is 0 Å². The molecule has 2 aromatic rings. The molecule has 0 saturated heterocycles. The number of nitrogens with two attached hydrogens (primary N) is 1. The maximum absolute atomic E-state index is 12.4. The van der Waals surface area contributed by atoms with E-state index in [2.05, 4.69) is 4.98 Å². The summed E-state index contributed by atoms with van der Waals surface area (Å²) in [5.41, 5.74) is 7.49. The first-order valence-corrected chi connectivity index (χ1v) is 7.51. The Hall–Kier alpha value is -2.39. The predicted octanol–water partition coefficient (Wildman–Crippen LogP) is 1.82. The zero-order chi connectivity index (χ0) is 14.8. The maximum atomic E-state index is 12.4. The summed E-state index contributed by atoms with van der Waals surface area (Å²) in [7, 11) is -3.55. The third-order valence-corrected chi connectivity index (χ3v) is 4.54. The molecule has 1 aromatic carbocycles. The molecule has 1 heterocycles. The largest absolute Gasteiger partial charge is 0.398 e. The molecule has 0 amide bonds. The van der Waals surface area contributed by atoms with E-state index in [1.807, 2.05) is 6.07 Å². The van der Waals surface area contributed by atoms with E-state index < -0.39 is 9.84 Å². The minimum absolute atomic E-state index is 0.118. The van der Waals surface area contributed by atoms with Crippen molar-refractivity contribution >= 4 is 15.5 Å². The SMILES string of the molecule is Cc1ccc(N)c(S(=O)(=O)Cc2ccnc(C#N)c2)c1. The second-order valence-corrected chi connectivity index (χ2v) is 6.42. The highest BCUT2D eigenvalue weighted by Crippen LogP contribution is 2.23. The third kappa shape index (κ3) is 2.95. The van der Waals surface area contributed by atoms with E-state index in [0.29, 0.717) is 5.56 Å². The second-order valence-electron chi connectivity index (χ2n) is 4.46. The number of rotatable bonds is 3. The van der Waals surface area contributed by atoms with E-state index in [1.54, 1.807) is 31.2 Å². The molecule has 0 atom stereocenters. The van der Waals surface area contributed by atoms with E-state index in [0.717, 1.165) is 5.56 Å². The summed E-state index contributed by atoms with van der Waals surface area (Å²) >= 11 is 0. The lowest BCUT2D eigenvalue weighted by molar-refractivity contribution is 0.595. The normalized spacial score (nSPS) is 11.0. The monoisotopic (exact) mass is 287 g/mol. The van der Waals surface area contributed by atoms with Gasteiger partial charge in [-0.15, -0.1) is 0 Å². The Labute approximate surface area is 117 Å². The average Bonchev–Trinajstić information content (AvgIpc) is 2.41. The Kier molecular flexibility index (Phi) is 3.72. The highest BCUT2D eigenvalue weighted by atomic mass is 32.2. The Morgan fingerprint density at radius 3 is 2.75 bits per heavy atom. The van der Waals surface area contributed by atoms with Gasteiger partial charge < -0.3 is 5.73 Å². The summed E-state index contributed by atoms with van der Waals surface area (Å²) in [5.74, 6) is -0.210. The Bertz CT molecular complexity index is 792. The zero-order valence-electron chi connectivity index (χ0n) is 10.9. The minimum atomic E-state index is -3.55. The second kappa shape index (κ2) is 5.31. The number of pyridine rings is 1. The van der Waals surface area contributed by atoms with Crippen LogP contribution in [0.4, 0.5) is 5.69 Å². The molecule has 1 aromatic heterocycles. The molecule has 0 bridgehead atoms. The van der Waals surface area contributed by atoms with Gasteiger partial charge in [0.2, 0.25) is 0 Å². The fraction of sp³-hybridized carbons (Fsp3) is 0.143. The Balaban J connectivity index is 2.41. The summed E-state index contributed by atoms with van der Waals surface area (Å²) in [6.07, 6.45) is 1.42. The van der Waals surface area contributed by atoms with Crippen molar-refractivity contribution in [2.24, 2.45) is 0 Å². The van der Waals surface area contributed by atoms with Crippen LogP contribution in [-0.2, 0) is 15.6 Å². The van der Waals surface area contributed by atoms with Crippen molar-refractivity contribution < 1.29 is 8.42 Å². The molecule has 0 radical (unpaired) electrons. The van der Waals surface area contributed by atoms with Crippen molar-refractivity contribution in [1.82, 2.24) is 4.98 Å². The molecule has 6 heteroatoms. The highest BCUT2D eigenvalue weighted by molar-refractivity contribution is 7.90. The predicted molar refractivity (Wildman–Crippen MR) is 75.4 cm³/mol. The Morgan fingerprint density at radius 2 is 2.05 bits per heavy atom. The molecule has 0 aliphatic heterocycles. The fourth-order valence-electron chi connectivity index (χ4n) is 1.83. The van der Waals surface area contributed by atoms with E-state index in [1.165, 1.54) is 12.3 Å². The summed E-state index contributed by atoms with van der Waals surface area (Å²) in [6, 6.07) is 9.81. The molecule has 2 N–H and O–H groups in total. The van der Waals surface area contributed by atoms with Crippen LogP contribution >= 0.6 is 0 Å². The summed E-state index contributed by atoms with van der Waals surface area (Å²) in [6.45, 7) is 1.80. The van der Waals surface area contributed by atoms with Gasteiger partial charge in [0.15, 0.2) is 9.84 Å². The standard InChI is InChI=1S/C14H13N3O2S/c1-10-2-3-13(16)14(6-10)20(18,19)9-11-4-5-17-12(7-11)8-15/h2-7H,9,16H2,1H3. The Morgan fingerprint density at radius 1 is 1.30 bits per heavy atom.